The first-order valence-electron chi connectivity index (χ1n) is 11.6. The molecule has 1 aromatic heterocycles. The third kappa shape index (κ3) is 9.21. The number of nitrogens with one attached hydrogen (secondary N) is 2. The van der Waals surface area contributed by atoms with E-state index < -0.39 is 0 Å². The SMILES string of the molecule is CCCCC(NCC(CC(C)C)NC(=O)c1ccccc1C)C(=O)CSCc1ccco1. The highest BCUT2D eigenvalue weighted by atomic mass is 32.2. The van der Waals surface area contributed by atoms with Crippen LogP contribution >= 0.6 is 11.8 Å². The van der Waals surface area contributed by atoms with E-state index in [1.807, 2.05) is 43.3 Å². The number of rotatable bonds is 15. The van der Waals surface area contributed by atoms with Crippen LogP contribution in [0.25, 0.3) is 0 Å². The van der Waals surface area contributed by atoms with Gasteiger partial charge in [0.25, 0.3) is 5.91 Å². The molecular weight excluding hydrogens is 420 g/mol. The topological polar surface area (TPSA) is 71.3 Å². The van der Waals surface area contributed by atoms with E-state index in [9.17, 15) is 9.59 Å². The molecule has 2 unspecified atom stereocenters. The van der Waals surface area contributed by atoms with E-state index in [0.29, 0.717) is 29.5 Å². The highest BCUT2D eigenvalue weighted by molar-refractivity contribution is 7.99. The standard InChI is InChI=1S/C26H38N2O3S/c1-5-6-13-24(25(29)18-32-17-22-11-9-14-31-22)27-16-21(15-19(2)3)28-26(30)23-12-8-7-10-20(23)4/h7-12,14,19,21,24,27H,5-6,13,15-18H2,1-4H3,(H,28,30). The van der Waals surface area contributed by atoms with E-state index in [2.05, 4.69) is 31.4 Å². The van der Waals surface area contributed by atoms with Crippen molar-refractivity contribution < 1.29 is 14.0 Å². The molecule has 0 radical (unpaired) electrons. The first-order valence-corrected chi connectivity index (χ1v) is 12.8. The lowest BCUT2D eigenvalue weighted by molar-refractivity contribution is -0.118. The van der Waals surface area contributed by atoms with Crippen LogP contribution in [0.3, 0.4) is 0 Å². The Bertz CT molecular complexity index is 820. The van der Waals surface area contributed by atoms with Crippen molar-refractivity contribution in [2.45, 2.75) is 71.2 Å². The van der Waals surface area contributed by atoms with Crippen LogP contribution in [0.2, 0.25) is 0 Å². The molecule has 0 aliphatic rings. The number of hydrogen-bond acceptors (Lipinski definition) is 5. The van der Waals surface area contributed by atoms with E-state index in [0.717, 1.165) is 37.0 Å². The molecule has 2 N–H and O–H groups in total. The van der Waals surface area contributed by atoms with Crippen molar-refractivity contribution in [2.75, 3.05) is 12.3 Å². The second-order valence-electron chi connectivity index (χ2n) is 8.76. The van der Waals surface area contributed by atoms with Gasteiger partial charge in [-0.15, -0.1) is 11.8 Å². The first-order chi connectivity index (χ1) is 15.4. The Morgan fingerprint density at radius 3 is 2.56 bits per heavy atom. The zero-order valence-electron chi connectivity index (χ0n) is 19.9. The molecule has 2 aromatic rings. The lowest BCUT2D eigenvalue weighted by atomic mass is 10.0. The van der Waals surface area contributed by atoms with Crippen LogP contribution in [0.1, 0.15) is 68.1 Å². The van der Waals surface area contributed by atoms with Gasteiger partial charge in [0.1, 0.15) is 5.76 Å². The lowest BCUT2D eigenvalue weighted by Crippen LogP contribution is -2.48. The van der Waals surface area contributed by atoms with Gasteiger partial charge in [0.15, 0.2) is 5.78 Å². The van der Waals surface area contributed by atoms with Crippen LogP contribution in [0.5, 0.6) is 0 Å². The fourth-order valence-electron chi connectivity index (χ4n) is 3.67. The van der Waals surface area contributed by atoms with Gasteiger partial charge in [-0.25, -0.2) is 0 Å². The normalized spacial score (nSPS) is 13.2. The fraction of sp³-hybridized carbons (Fsp3) is 0.538. The summed E-state index contributed by atoms with van der Waals surface area (Å²) < 4.78 is 5.35. The Hall–Kier alpha value is -2.05. The molecule has 0 aliphatic carbocycles. The van der Waals surface area contributed by atoms with Crippen molar-refractivity contribution >= 4 is 23.5 Å². The number of aryl methyl sites for hydroxylation is 1. The summed E-state index contributed by atoms with van der Waals surface area (Å²) in [5, 5.41) is 6.66. The Morgan fingerprint density at radius 1 is 1.12 bits per heavy atom. The van der Waals surface area contributed by atoms with Crippen molar-refractivity contribution in [2.24, 2.45) is 5.92 Å². The fourth-order valence-corrected chi connectivity index (χ4v) is 4.54. The molecule has 0 aliphatic heterocycles. The van der Waals surface area contributed by atoms with Gasteiger partial charge in [-0.3, -0.25) is 9.59 Å². The summed E-state index contributed by atoms with van der Waals surface area (Å²) >= 11 is 1.58. The zero-order valence-corrected chi connectivity index (χ0v) is 20.7. The van der Waals surface area contributed by atoms with Crippen LogP contribution in [0.4, 0.5) is 0 Å². The second kappa shape index (κ2) is 14.2. The summed E-state index contributed by atoms with van der Waals surface area (Å²) in [6.07, 6.45) is 5.37. The number of Topliss-reactive ketones (excluding diaryl/α,β-unsaturated/α-hetero) is 1. The molecule has 2 atom stereocenters. The van der Waals surface area contributed by atoms with Gasteiger partial charge in [0, 0.05) is 18.2 Å². The lowest BCUT2D eigenvalue weighted by Gasteiger charge is -2.25. The number of benzene rings is 1. The molecule has 0 fully saturated rings. The van der Waals surface area contributed by atoms with Gasteiger partial charge in [0.2, 0.25) is 0 Å². The maximum Gasteiger partial charge on any atom is 0.251 e. The summed E-state index contributed by atoms with van der Waals surface area (Å²) in [4.78, 5) is 25.7. The number of thioether (sulfide) groups is 1. The van der Waals surface area contributed by atoms with E-state index in [1.54, 1.807) is 18.0 Å². The number of ketones is 1. The Morgan fingerprint density at radius 2 is 1.91 bits per heavy atom. The first kappa shape index (κ1) is 26.2. The van der Waals surface area contributed by atoms with Crippen molar-refractivity contribution in [3.63, 3.8) is 0 Å². The molecule has 0 saturated carbocycles. The summed E-state index contributed by atoms with van der Waals surface area (Å²) in [6.45, 7) is 8.97. The Kier molecular flexibility index (Phi) is 11.6. The molecule has 0 bridgehead atoms. The third-order valence-corrected chi connectivity index (χ3v) is 6.37. The molecule has 1 aromatic carbocycles. The molecule has 0 saturated heterocycles. The number of unbranched alkanes of at least 4 members (excludes halogenated alkanes) is 1. The molecule has 176 valence electrons. The number of furan rings is 1. The number of carbonyl (C=O) groups excluding carboxylic acids is 2. The summed E-state index contributed by atoms with van der Waals surface area (Å²) in [7, 11) is 0. The highest BCUT2D eigenvalue weighted by Gasteiger charge is 2.21. The minimum absolute atomic E-state index is 0.0326. The van der Waals surface area contributed by atoms with Crippen LogP contribution in [0, 0.1) is 12.8 Å². The van der Waals surface area contributed by atoms with E-state index in [1.165, 1.54) is 0 Å². The quantitative estimate of drug-likeness (QED) is 0.375. The zero-order chi connectivity index (χ0) is 23.3. The van der Waals surface area contributed by atoms with Gasteiger partial charge >= 0.3 is 0 Å². The van der Waals surface area contributed by atoms with Crippen molar-refractivity contribution in [1.82, 2.24) is 10.6 Å². The van der Waals surface area contributed by atoms with E-state index >= 15 is 0 Å². The van der Waals surface area contributed by atoms with Crippen molar-refractivity contribution in [3.8, 4) is 0 Å². The number of carbonyl (C=O) groups is 2. The molecule has 1 amide bonds. The number of amides is 1. The maximum absolute atomic E-state index is 12.9. The summed E-state index contributed by atoms with van der Waals surface area (Å²) in [6, 6.07) is 11.2. The van der Waals surface area contributed by atoms with Crippen LogP contribution in [0.15, 0.2) is 47.1 Å². The molecule has 1 heterocycles. The Labute approximate surface area is 197 Å². The smallest absolute Gasteiger partial charge is 0.251 e. The minimum atomic E-state index is -0.191. The Balaban J connectivity index is 1.94. The van der Waals surface area contributed by atoms with Crippen LogP contribution in [-0.2, 0) is 10.5 Å². The average molecular weight is 459 g/mol. The molecular formula is C26H38N2O3S. The highest BCUT2D eigenvalue weighted by Crippen LogP contribution is 2.15. The van der Waals surface area contributed by atoms with Crippen LogP contribution < -0.4 is 10.6 Å². The van der Waals surface area contributed by atoms with Crippen molar-refractivity contribution in [1.29, 1.82) is 0 Å². The molecule has 5 nitrogen and oxygen atoms in total. The maximum atomic E-state index is 12.9. The predicted octanol–water partition coefficient (Wildman–Crippen LogP) is 5.38. The third-order valence-electron chi connectivity index (χ3n) is 5.40. The van der Waals surface area contributed by atoms with E-state index in [-0.39, 0.29) is 23.8 Å². The molecule has 32 heavy (non-hydrogen) atoms. The molecule has 6 heteroatoms. The second-order valence-corrected chi connectivity index (χ2v) is 9.74. The van der Waals surface area contributed by atoms with Crippen molar-refractivity contribution in [3.05, 3.63) is 59.5 Å². The average Bonchev–Trinajstić information content (AvgIpc) is 3.27. The van der Waals surface area contributed by atoms with Gasteiger partial charge in [-0.05, 0) is 49.4 Å². The van der Waals surface area contributed by atoms with Crippen LogP contribution in [-0.4, -0.2) is 36.1 Å². The van der Waals surface area contributed by atoms with Gasteiger partial charge in [0.05, 0.1) is 23.8 Å². The number of hydrogen-bond donors (Lipinski definition) is 2. The molecule has 2 rings (SSSR count). The minimum Gasteiger partial charge on any atom is -0.468 e. The van der Waals surface area contributed by atoms with Gasteiger partial charge in [-0.2, -0.15) is 0 Å². The summed E-state index contributed by atoms with van der Waals surface area (Å²) in [5.41, 5.74) is 1.67. The summed E-state index contributed by atoms with van der Waals surface area (Å²) in [5.74, 6) is 2.63. The van der Waals surface area contributed by atoms with Gasteiger partial charge < -0.3 is 15.1 Å². The van der Waals surface area contributed by atoms with E-state index in [4.69, 9.17) is 4.42 Å². The monoisotopic (exact) mass is 458 g/mol. The van der Waals surface area contributed by atoms with Gasteiger partial charge in [-0.1, -0.05) is 51.8 Å². The molecule has 0 spiro atoms. The largest absolute Gasteiger partial charge is 0.468 e. The predicted molar refractivity (Wildman–Crippen MR) is 133 cm³/mol.